The largest absolute Gasteiger partial charge is 0.391 e. The third-order valence-electron chi connectivity index (χ3n) is 5.88. The zero-order valence-corrected chi connectivity index (χ0v) is 20.8. The number of amides is 5. The second-order valence-electron chi connectivity index (χ2n) is 8.72. The maximum Gasteiger partial charge on any atom is 0.314 e. The molecular formula is C26H30N6O6. The van der Waals surface area contributed by atoms with Gasteiger partial charge in [-0.15, -0.1) is 0 Å². The second-order valence-corrected chi connectivity index (χ2v) is 8.72. The summed E-state index contributed by atoms with van der Waals surface area (Å²) in [5, 5.41) is 23.6. The average molecular weight is 523 g/mol. The lowest BCUT2D eigenvalue weighted by Gasteiger charge is -2.33. The van der Waals surface area contributed by atoms with Crippen LogP contribution in [0.3, 0.4) is 0 Å². The molecule has 7 N–H and O–H groups in total. The molecule has 0 aromatic heterocycles. The number of carbonyl (C=O) groups excluding carboxylic acids is 4. The molecule has 0 spiro atoms. The van der Waals surface area contributed by atoms with Crippen molar-refractivity contribution in [2.45, 2.75) is 19.1 Å². The van der Waals surface area contributed by atoms with Crippen LogP contribution in [0.5, 0.6) is 0 Å². The van der Waals surface area contributed by atoms with Crippen molar-refractivity contribution in [2.75, 3.05) is 38.0 Å². The number of hydrogen-bond acceptors (Lipinski definition) is 7. The summed E-state index contributed by atoms with van der Waals surface area (Å²) in [6.45, 7) is 3.70. The Bertz CT molecular complexity index is 1210. The van der Waals surface area contributed by atoms with Crippen LogP contribution in [0.25, 0.3) is 0 Å². The maximum absolute atomic E-state index is 12.4. The number of piperazine rings is 1. The van der Waals surface area contributed by atoms with Crippen LogP contribution in [0.4, 0.5) is 10.5 Å². The lowest BCUT2D eigenvalue weighted by atomic mass is 10.1. The van der Waals surface area contributed by atoms with Gasteiger partial charge < -0.3 is 26.4 Å². The Labute approximate surface area is 219 Å². The van der Waals surface area contributed by atoms with Crippen molar-refractivity contribution in [3.63, 3.8) is 0 Å². The van der Waals surface area contributed by atoms with E-state index in [1.54, 1.807) is 41.3 Å². The highest BCUT2D eigenvalue weighted by atomic mass is 16.5. The minimum atomic E-state index is -1.31. The number of aliphatic hydroxyl groups is 1. The Kier molecular flexibility index (Phi) is 9.78. The van der Waals surface area contributed by atoms with Gasteiger partial charge in [0.2, 0.25) is 5.91 Å². The molecule has 0 radical (unpaired) electrons. The number of primary amides is 1. The van der Waals surface area contributed by atoms with Crippen LogP contribution in [0.2, 0.25) is 0 Å². The van der Waals surface area contributed by atoms with Gasteiger partial charge in [0, 0.05) is 48.6 Å². The summed E-state index contributed by atoms with van der Waals surface area (Å²) >= 11 is 0. The van der Waals surface area contributed by atoms with E-state index in [9.17, 15) is 24.3 Å². The topological polar surface area (TPSA) is 177 Å². The predicted octanol–water partition coefficient (Wildman–Crippen LogP) is -0.294. The molecule has 1 heterocycles. The van der Waals surface area contributed by atoms with Crippen molar-refractivity contribution in [2.24, 2.45) is 5.73 Å². The van der Waals surface area contributed by atoms with Crippen molar-refractivity contribution in [3.8, 4) is 11.8 Å². The lowest BCUT2D eigenvalue weighted by molar-refractivity contribution is -0.133. The quantitative estimate of drug-likeness (QED) is 0.164. The lowest BCUT2D eigenvalue weighted by Crippen LogP contribution is -2.51. The van der Waals surface area contributed by atoms with E-state index < -0.39 is 30.0 Å². The summed E-state index contributed by atoms with van der Waals surface area (Å²) < 4.78 is 0. The fraction of sp³-hybridized carbons (Fsp3) is 0.308. The first-order chi connectivity index (χ1) is 18.2. The molecule has 2 aromatic carbocycles. The van der Waals surface area contributed by atoms with E-state index in [1.807, 2.05) is 4.90 Å². The van der Waals surface area contributed by atoms with Crippen LogP contribution in [-0.4, -0.2) is 88.7 Å². The van der Waals surface area contributed by atoms with Crippen LogP contribution >= 0.6 is 0 Å². The van der Waals surface area contributed by atoms with E-state index in [-0.39, 0.29) is 18.0 Å². The zero-order chi connectivity index (χ0) is 27.7. The smallest absolute Gasteiger partial charge is 0.314 e. The van der Waals surface area contributed by atoms with E-state index in [0.717, 1.165) is 5.56 Å². The number of hydrogen-bond donors (Lipinski definition) is 6. The van der Waals surface area contributed by atoms with Gasteiger partial charge in [-0.2, -0.15) is 0 Å². The number of nitrogens with one attached hydrogen (secondary N) is 3. The SMILES string of the molecule is C[C@@H](O)[C@H](NC(=O)c1ccc(C#Cc2ccc(NC(=O)CN3CCN(C(N)=O)CC3)cc2)cc1)C(=O)NO. The third-order valence-corrected chi connectivity index (χ3v) is 5.88. The van der Waals surface area contributed by atoms with E-state index in [1.165, 1.54) is 24.5 Å². The van der Waals surface area contributed by atoms with Crippen molar-refractivity contribution in [3.05, 3.63) is 65.2 Å². The Hall–Kier alpha value is -4.44. The highest BCUT2D eigenvalue weighted by Gasteiger charge is 2.25. The number of aliphatic hydroxyl groups excluding tert-OH is 1. The first-order valence-corrected chi connectivity index (χ1v) is 11.9. The number of nitrogens with zero attached hydrogens (tertiary/aromatic N) is 2. The highest BCUT2D eigenvalue weighted by molar-refractivity contribution is 5.97. The Morgan fingerprint density at radius 1 is 0.947 bits per heavy atom. The van der Waals surface area contributed by atoms with Crippen LogP contribution in [0.1, 0.15) is 28.4 Å². The minimum absolute atomic E-state index is 0.155. The fourth-order valence-corrected chi connectivity index (χ4v) is 3.72. The van der Waals surface area contributed by atoms with E-state index in [0.29, 0.717) is 37.4 Å². The standard InChI is InChI=1S/C26H30N6O6/c1-17(33)23(25(36)30-38)29-24(35)20-8-4-18(5-9-20)2-3-19-6-10-21(11-7-19)28-22(34)16-31-12-14-32(15-13-31)26(27)37/h4-11,17,23,33,38H,12-16H2,1H3,(H2,27,37)(H,28,34)(H,29,35)(H,30,36)/t17-,23+/m1/s1. The molecule has 1 aliphatic rings. The number of carbonyl (C=O) groups is 4. The molecule has 3 rings (SSSR count). The van der Waals surface area contributed by atoms with Gasteiger partial charge in [-0.1, -0.05) is 11.8 Å². The molecule has 0 unspecified atom stereocenters. The average Bonchev–Trinajstić information content (AvgIpc) is 2.91. The van der Waals surface area contributed by atoms with Gasteiger partial charge in [-0.25, -0.2) is 10.3 Å². The Balaban J connectivity index is 1.51. The molecule has 0 bridgehead atoms. The molecule has 1 aliphatic heterocycles. The molecular weight excluding hydrogens is 492 g/mol. The van der Waals surface area contributed by atoms with Gasteiger partial charge >= 0.3 is 6.03 Å². The van der Waals surface area contributed by atoms with E-state index in [4.69, 9.17) is 10.9 Å². The number of anilines is 1. The molecule has 38 heavy (non-hydrogen) atoms. The second kappa shape index (κ2) is 13.2. The zero-order valence-electron chi connectivity index (χ0n) is 20.8. The van der Waals surface area contributed by atoms with Crippen molar-refractivity contribution >= 4 is 29.4 Å². The molecule has 1 fully saturated rings. The monoisotopic (exact) mass is 522 g/mol. The molecule has 5 amide bonds. The molecule has 1 saturated heterocycles. The fourth-order valence-electron chi connectivity index (χ4n) is 3.72. The molecule has 0 aliphatic carbocycles. The molecule has 0 saturated carbocycles. The number of nitrogens with two attached hydrogens (primary N) is 1. The Morgan fingerprint density at radius 2 is 1.50 bits per heavy atom. The van der Waals surface area contributed by atoms with Crippen molar-refractivity contribution in [1.29, 1.82) is 0 Å². The van der Waals surface area contributed by atoms with Crippen LogP contribution < -0.4 is 21.8 Å². The summed E-state index contributed by atoms with van der Waals surface area (Å²) in [5.74, 6) is 4.32. The van der Waals surface area contributed by atoms with E-state index >= 15 is 0 Å². The minimum Gasteiger partial charge on any atom is -0.391 e. The summed E-state index contributed by atoms with van der Waals surface area (Å²) in [7, 11) is 0. The van der Waals surface area contributed by atoms with Gasteiger partial charge in [-0.3, -0.25) is 24.5 Å². The van der Waals surface area contributed by atoms with Crippen molar-refractivity contribution < 1.29 is 29.5 Å². The van der Waals surface area contributed by atoms with Gasteiger partial charge in [0.1, 0.15) is 6.04 Å². The molecule has 2 atom stereocenters. The summed E-state index contributed by atoms with van der Waals surface area (Å²) in [4.78, 5) is 51.0. The molecule has 2 aromatic rings. The first-order valence-electron chi connectivity index (χ1n) is 11.9. The maximum atomic E-state index is 12.4. The van der Waals surface area contributed by atoms with Crippen LogP contribution in [-0.2, 0) is 9.59 Å². The highest BCUT2D eigenvalue weighted by Crippen LogP contribution is 2.11. The number of benzene rings is 2. The predicted molar refractivity (Wildman–Crippen MR) is 138 cm³/mol. The Morgan fingerprint density at radius 3 is 2.00 bits per heavy atom. The summed E-state index contributed by atoms with van der Waals surface area (Å²) in [5.41, 5.74) is 8.94. The summed E-state index contributed by atoms with van der Waals surface area (Å²) in [6, 6.07) is 11.6. The molecule has 200 valence electrons. The van der Waals surface area contributed by atoms with Gasteiger partial charge in [-0.05, 0) is 55.5 Å². The van der Waals surface area contributed by atoms with Gasteiger partial charge in [0.25, 0.3) is 11.8 Å². The normalized spacial score (nSPS) is 14.9. The van der Waals surface area contributed by atoms with Gasteiger partial charge in [0.05, 0.1) is 12.6 Å². The van der Waals surface area contributed by atoms with Gasteiger partial charge in [0.15, 0.2) is 0 Å². The number of urea groups is 1. The van der Waals surface area contributed by atoms with E-state index in [2.05, 4.69) is 22.5 Å². The molecule has 12 heteroatoms. The number of rotatable bonds is 7. The van der Waals surface area contributed by atoms with Crippen molar-refractivity contribution in [1.82, 2.24) is 20.6 Å². The van der Waals surface area contributed by atoms with Crippen LogP contribution in [0, 0.1) is 11.8 Å². The van der Waals surface area contributed by atoms with Crippen LogP contribution in [0.15, 0.2) is 48.5 Å². The summed E-state index contributed by atoms with van der Waals surface area (Å²) in [6.07, 6.45) is -1.21. The molecule has 12 nitrogen and oxygen atoms in total. The third kappa shape index (κ3) is 8.04. The first kappa shape index (κ1) is 28.1. The number of hydroxylamine groups is 1.